The molecule has 0 rings (SSSR count). The Balaban J connectivity index is 4.90. The van der Waals surface area contributed by atoms with Crippen LogP contribution in [0.3, 0.4) is 0 Å². The Bertz CT molecular complexity index is 207. The Morgan fingerprint density at radius 2 is 1.33 bits per heavy atom. The molecule has 0 amide bonds. The minimum atomic E-state index is -1.24. The molecule has 0 aliphatic rings. The quantitative estimate of drug-likeness (QED) is 0.603. The maximum absolute atomic E-state index is 4.14. The van der Waals surface area contributed by atoms with Gasteiger partial charge in [0, 0.05) is 12.1 Å². The second kappa shape index (κ2) is 8.34. The third kappa shape index (κ3) is 5.02. The number of likely N-dealkylation sites (N-methyl/N-ethyl adjacent to an activating group) is 1. The van der Waals surface area contributed by atoms with Gasteiger partial charge in [0.1, 0.15) is 8.24 Å². The van der Waals surface area contributed by atoms with Gasteiger partial charge in [0.05, 0.1) is 0 Å². The van der Waals surface area contributed by atoms with Crippen molar-refractivity contribution in [2.75, 3.05) is 19.6 Å². The van der Waals surface area contributed by atoms with Gasteiger partial charge in [-0.05, 0) is 38.0 Å². The lowest BCUT2D eigenvalue weighted by molar-refractivity contribution is 0.199. The van der Waals surface area contributed by atoms with E-state index in [0.717, 1.165) is 13.1 Å². The van der Waals surface area contributed by atoms with Crippen LogP contribution in [-0.4, -0.2) is 38.3 Å². The molecule has 0 aromatic carbocycles. The molecule has 2 nitrogen and oxygen atoms in total. The van der Waals surface area contributed by atoms with E-state index in [1.165, 1.54) is 31.5 Å². The minimum Gasteiger partial charge on any atom is -0.331 e. The van der Waals surface area contributed by atoms with Gasteiger partial charge < -0.3 is 9.88 Å². The van der Waals surface area contributed by atoms with E-state index in [0.29, 0.717) is 5.54 Å². The second-order valence-electron chi connectivity index (χ2n) is 5.84. The summed E-state index contributed by atoms with van der Waals surface area (Å²) >= 11 is 0. The lowest BCUT2D eigenvalue weighted by Crippen LogP contribution is -2.63. The first-order valence-electron chi connectivity index (χ1n) is 7.96. The fourth-order valence-electron chi connectivity index (χ4n) is 2.63. The van der Waals surface area contributed by atoms with Gasteiger partial charge in [-0.3, -0.25) is 0 Å². The van der Waals surface area contributed by atoms with Crippen LogP contribution in [0.4, 0.5) is 0 Å². The molecule has 110 valence electrons. The number of hydrogen-bond donors (Lipinski definition) is 1. The summed E-state index contributed by atoms with van der Waals surface area (Å²) in [6.07, 6.45) is 2.48. The van der Waals surface area contributed by atoms with Crippen molar-refractivity contribution in [3.8, 4) is 0 Å². The van der Waals surface area contributed by atoms with Crippen molar-refractivity contribution in [1.82, 2.24) is 9.88 Å². The summed E-state index contributed by atoms with van der Waals surface area (Å²) in [4.78, 5) is 6.71. The lowest BCUT2D eigenvalue weighted by atomic mass is 9.93. The smallest absolute Gasteiger partial charge is 0.122 e. The Labute approximate surface area is 117 Å². The molecule has 0 radical (unpaired) electrons. The van der Waals surface area contributed by atoms with Gasteiger partial charge in [0.25, 0.3) is 0 Å². The monoisotopic (exact) mass is 272 g/mol. The predicted molar refractivity (Wildman–Crippen MR) is 86.8 cm³/mol. The van der Waals surface area contributed by atoms with Gasteiger partial charge in [-0.2, -0.15) is 0 Å². The average molecular weight is 273 g/mol. The number of rotatable bonds is 10. The molecule has 0 bridgehead atoms. The van der Waals surface area contributed by atoms with E-state index in [1.54, 1.807) is 0 Å². The van der Waals surface area contributed by atoms with Crippen LogP contribution >= 0.6 is 0 Å². The summed E-state index contributed by atoms with van der Waals surface area (Å²) in [5, 5.41) is 0. The van der Waals surface area contributed by atoms with Gasteiger partial charge in [-0.1, -0.05) is 48.1 Å². The van der Waals surface area contributed by atoms with Crippen LogP contribution in [-0.2, 0) is 0 Å². The van der Waals surface area contributed by atoms with E-state index < -0.39 is 8.24 Å². The number of hydrogen-bond acceptors (Lipinski definition) is 2. The highest BCUT2D eigenvalue weighted by Gasteiger charge is 2.35. The maximum atomic E-state index is 4.14. The van der Waals surface area contributed by atoms with Crippen molar-refractivity contribution in [2.45, 2.75) is 78.6 Å². The van der Waals surface area contributed by atoms with E-state index in [-0.39, 0.29) is 0 Å². The zero-order chi connectivity index (χ0) is 14.2. The van der Waals surface area contributed by atoms with E-state index in [4.69, 9.17) is 0 Å². The summed E-state index contributed by atoms with van der Waals surface area (Å²) < 4.78 is 0. The molecule has 0 unspecified atom stereocenters. The van der Waals surface area contributed by atoms with Crippen molar-refractivity contribution in [2.24, 2.45) is 0 Å². The SMILES string of the molecule is CCN(CC)CC(CC)(CC)N[Si](C)(CC)CC. The molecular formula is C15H36N2Si. The van der Waals surface area contributed by atoms with Crippen molar-refractivity contribution >= 4 is 8.24 Å². The van der Waals surface area contributed by atoms with E-state index in [1.807, 2.05) is 0 Å². The Hall–Kier alpha value is 0.137. The second-order valence-corrected chi connectivity index (χ2v) is 10.6. The highest BCUT2D eigenvalue weighted by molar-refractivity contribution is 6.76. The maximum Gasteiger partial charge on any atom is 0.122 e. The number of nitrogens with one attached hydrogen (secondary N) is 1. The molecule has 0 saturated heterocycles. The first-order chi connectivity index (χ1) is 8.44. The summed E-state index contributed by atoms with van der Waals surface area (Å²) in [5.74, 6) is 0. The number of nitrogens with zero attached hydrogens (tertiary/aromatic N) is 1. The zero-order valence-corrected chi connectivity index (χ0v) is 14.9. The van der Waals surface area contributed by atoms with E-state index in [2.05, 4.69) is 58.0 Å². The van der Waals surface area contributed by atoms with Crippen molar-refractivity contribution < 1.29 is 0 Å². The van der Waals surface area contributed by atoms with Crippen LogP contribution in [0.2, 0.25) is 18.6 Å². The summed E-state index contributed by atoms with van der Waals surface area (Å²) in [6.45, 7) is 20.0. The standard InChI is InChI=1S/C15H36N2Si/c1-8-15(9-2,14-17(10-3)11-4)16-18(7,12-5)13-6/h16H,8-14H2,1-7H3. The normalized spacial score (nSPS) is 13.3. The first-order valence-corrected chi connectivity index (χ1v) is 10.9. The van der Waals surface area contributed by atoms with Crippen molar-refractivity contribution in [3.63, 3.8) is 0 Å². The van der Waals surface area contributed by atoms with Crippen LogP contribution in [0.1, 0.15) is 54.4 Å². The van der Waals surface area contributed by atoms with Gasteiger partial charge in [-0.15, -0.1) is 0 Å². The molecule has 1 N–H and O–H groups in total. The molecule has 18 heavy (non-hydrogen) atoms. The topological polar surface area (TPSA) is 15.3 Å². The molecule has 0 heterocycles. The average Bonchev–Trinajstić information content (AvgIpc) is 2.43. The molecule has 0 aliphatic carbocycles. The van der Waals surface area contributed by atoms with Crippen molar-refractivity contribution in [1.29, 1.82) is 0 Å². The third-order valence-electron chi connectivity index (χ3n) is 4.90. The predicted octanol–water partition coefficient (Wildman–Crippen LogP) is 4.09. The summed E-state index contributed by atoms with van der Waals surface area (Å²) in [5.41, 5.74) is 0.332. The minimum absolute atomic E-state index is 0.332. The highest BCUT2D eigenvalue weighted by atomic mass is 28.3. The molecule has 0 spiro atoms. The van der Waals surface area contributed by atoms with E-state index >= 15 is 0 Å². The fraction of sp³-hybridized carbons (Fsp3) is 1.00. The Morgan fingerprint density at radius 1 is 0.889 bits per heavy atom. The molecule has 3 heteroatoms. The third-order valence-corrected chi connectivity index (χ3v) is 9.16. The Kier molecular flexibility index (Phi) is 8.40. The van der Waals surface area contributed by atoms with E-state index in [9.17, 15) is 0 Å². The van der Waals surface area contributed by atoms with Crippen molar-refractivity contribution in [3.05, 3.63) is 0 Å². The highest BCUT2D eigenvalue weighted by Crippen LogP contribution is 2.23. The summed E-state index contributed by atoms with van der Waals surface area (Å²) in [7, 11) is -1.24. The van der Waals surface area contributed by atoms with Gasteiger partial charge in [-0.25, -0.2) is 0 Å². The molecule has 0 saturated carbocycles. The van der Waals surface area contributed by atoms with Gasteiger partial charge in [0.15, 0.2) is 0 Å². The van der Waals surface area contributed by atoms with Crippen LogP contribution < -0.4 is 4.98 Å². The van der Waals surface area contributed by atoms with Crippen LogP contribution in [0, 0.1) is 0 Å². The first kappa shape index (κ1) is 18.1. The van der Waals surface area contributed by atoms with Gasteiger partial charge >= 0.3 is 0 Å². The largest absolute Gasteiger partial charge is 0.331 e. The van der Waals surface area contributed by atoms with Gasteiger partial charge in [0.2, 0.25) is 0 Å². The molecule has 0 aromatic heterocycles. The zero-order valence-electron chi connectivity index (χ0n) is 13.9. The van der Waals surface area contributed by atoms with Crippen LogP contribution in [0.15, 0.2) is 0 Å². The summed E-state index contributed by atoms with van der Waals surface area (Å²) in [6, 6.07) is 2.67. The molecule has 0 aromatic rings. The lowest BCUT2D eigenvalue weighted by Gasteiger charge is -2.44. The van der Waals surface area contributed by atoms with Crippen LogP contribution in [0.5, 0.6) is 0 Å². The Morgan fingerprint density at radius 3 is 1.61 bits per heavy atom. The van der Waals surface area contributed by atoms with Crippen LogP contribution in [0.25, 0.3) is 0 Å². The molecule has 0 atom stereocenters. The molecule has 0 fully saturated rings. The fourth-order valence-corrected chi connectivity index (χ4v) is 5.20. The molecule has 0 aliphatic heterocycles. The molecular weight excluding hydrogens is 236 g/mol.